The van der Waals surface area contributed by atoms with Gasteiger partial charge in [0.1, 0.15) is 0 Å². The average Bonchev–Trinajstić information content (AvgIpc) is 2.84. The van der Waals surface area contributed by atoms with Crippen LogP contribution in [0, 0.1) is 0 Å². The predicted molar refractivity (Wildman–Crippen MR) is 72.5 cm³/mol. The number of fused-ring (bicyclic) bond motifs is 1. The number of para-hydroxylation sites is 1. The minimum atomic E-state index is 0.623. The van der Waals surface area contributed by atoms with Crippen molar-refractivity contribution < 1.29 is 0 Å². The second kappa shape index (κ2) is 4.28. The number of H-pyrrole nitrogens is 1. The number of hydrogen-bond acceptors (Lipinski definition) is 1. The molecule has 86 valence electrons. The van der Waals surface area contributed by atoms with E-state index in [1.54, 1.807) is 12.1 Å². The van der Waals surface area contributed by atoms with Crippen molar-refractivity contribution in [3.63, 3.8) is 0 Å². The van der Waals surface area contributed by atoms with Gasteiger partial charge >= 0.3 is 0 Å². The summed E-state index contributed by atoms with van der Waals surface area (Å²) in [5.74, 6) is 0. The van der Waals surface area contributed by atoms with Crippen LogP contribution < -0.4 is 0 Å². The van der Waals surface area contributed by atoms with Gasteiger partial charge in [-0.3, -0.25) is 0 Å². The molecular formula is C14H10N4. The first kappa shape index (κ1) is 10.4. The van der Waals surface area contributed by atoms with Gasteiger partial charge in [0.25, 0.3) is 0 Å². The zero-order valence-electron chi connectivity index (χ0n) is 9.54. The molecule has 0 spiro atoms. The molecule has 0 aliphatic carbocycles. The van der Waals surface area contributed by atoms with Crippen molar-refractivity contribution in [2.24, 2.45) is 5.11 Å². The number of nitrogens with one attached hydrogen (secondary N) is 1. The summed E-state index contributed by atoms with van der Waals surface area (Å²) in [6.07, 6.45) is 0. The third-order valence-corrected chi connectivity index (χ3v) is 2.87. The molecule has 0 atom stereocenters. The van der Waals surface area contributed by atoms with Crippen LogP contribution in [0.4, 0.5) is 5.69 Å². The summed E-state index contributed by atoms with van der Waals surface area (Å²) in [4.78, 5) is 6.12. The van der Waals surface area contributed by atoms with E-state index in [1.165, 1.54) is 5.39 Å². The quantitative estimate of drug-likeness (QED) is 0.377. The van der Waals surface area contributed by atoms with Gasteiger partial charge in [-0.05, 0) is 23.2 Å². The van der Waals surface area contributed by atoms with Crippen LogP contribution in [0.2, 0.25) is 0 Å². The molecule has 0 saturated heterocycles. The number of aromatic nitrogens is 1. The standard InChI is InChI=1S/C14H10N4/c15-18-17-12-7-5-10(6-8-12)14-9-11-3-1-2-4-13(11)16-14/h1-9,16H. The number of rotatable bonds is 2. The van der Waals surface area contributed by atoms with Crippen molar-refractivity contribution in [2.75, 3.05) is 0 Å². The van der Waals surface area contributed by atoms with E-state index >= 15 is 0 Å². The molecule has 0 radical (unpaired) electrons. The SMILES string of the molecule is [N-]=[N+]=Nc1ccc(-c2cc3ccccc3[nH]2)cc1. The van der Waals surface area contributed by atoms with Crippen LogP contribution in [0.1, 0.15) is 0 Å². The van der Waals surface area contributed by atoms with Crippen molar-refractivity contribution in [1.82, 2.24) is 4.98 Å². The van der Waals surface area contributed by atoms with E-state index in [1.807, 2.05) is 30.3 Å². The number of hydrogen-bond donors (Lipinski definition) is 1. The van der Waals surface area contributed by atoms with Gasteiger partial charge in [-0.2, -0.15) is 0 Å². The Morgan fingerprint density at radius 1 is 1.00 bits per heavy atom. The fraction of sp³-hybridized carbons (Fsp3) is 0. The van der Waals surface area contributed by atoms with Gasteiger partial charge in [-0.25, -0.2) is 0 Å². The van der Waals surface area contributed by atoms with Gasteiger partial charge in [-0.15, -0.1) is 0 Å². The van der Waals surface area contributed by atoms with Crippen LogP contribution in [-0.4, -0.2) is 4.98 Å². The van der Waals surface area contributed by atoms with Crippen LogP contribution in [0.15, 0.2) is 59.7 Å². The van der Waals surface area contributed by atoms with Crippen molar-refractivity contribution in [3.05, 3.63) is 65.0 Å². The minimum Gasteiger partial charge on any atom is -0.355 e. The number of aromatic amines is 1. The molecule has 3 aromatic rings. The van der Waals surface area contributed by atoms with Gasteiger partial charge in [0.15, 0.2) is 0 Å². The van der Waals surface area contributed by atoms with E-state index in [0.717, 1.165) is 16.8 Å². The van der Waals surface area contributed by atoms with E-state index in [-0.39, 0.29) is 0 Å². The van der Waals surface area contributed by atoms with Crippen LogP contribution in [-0.2, 0) is 0 Å². The molecule has 3 rings (SSSR count). The summed E-state index contributed by atoms with van der Waals surface area (Å²) in [5, 5.41) is 4.74. The smallest absolute Gasteiger partial charge is 0.0464 e. The Labute approximate surface area is 104 Å². The van der Waals surface area contributed by atoms with Gasteiger partial charge in [-0.1, -0.05) is 47.6 Å². The molecule has 0 aliphatic heterocycles. The van der Waals surface area contributed by atoms with Gasteiger partial charge in [0, 0.05) is 27.2 Å². The zero-order chi connectivity index (χ0) is 12.4. The fourth-order valence-corrected chi connectivity index (χ4v) is 1.99. The number of nitrogens with zero attached hydrogens (tertiary/aromatic N) is 3. The summed E-state index contributed by atoms with van der Waals surface area (Å²) in [7, 11) is 0. The maximum atomic E-state index is 8.35. The first-order chi connectivity index (χ1) is 8.86. The molecular weight excluding hydrogens is 224 g/mol. The van der Waals surface area contributed by atoms with E-state index in [4.69, 9.17) is 5.53 Å². The summed E-state index contributed by atoms with van der Waals surface area (Å²) < 4.78 is 0. The van der Waals surface area contributed by atoms with Gasteiger partial charge < -0.3 is 4.98 Å². The fourth-order valence-electron chi connectivity index (χ4n) is 1.99. The van der Waals surface area contributed by atoms with Crippen LogP contribution in [0.25, 0.3) is 32.6 Å². The molecule has 0 amide bonds. The Morgan fingerprint density at radius 3 is 2.50 bits per heavy atom. The largest absolute Gasteiger partial charge is 0.355 e. The first-order valence-electron chi connectivity index (χ1n) is 5.60. The zero-order valence-corrected chi connectivity index (χ0v) is 9.54. The molecule has 0 saturated carbocycles. The minimum absolute atomic E-state index is 0.623. The summed E-state index contributed by atoms with van der Waals surface area (Å²) in [6.45, 7) is 0. The van der Waals surface area contributed by atoms with Crippen LogP contribution >= 0.6 is 0 Å². The summed E-state index contributed by atoms with van der Waals surface area (Å²) in [6, 6.07) is 17.7. The lowest BCUT2D eigenvalue weighted by Crippen LogP contribution is -1.75. The maximum absolute atomic E-state index is 8.35. The lowest BCUT2D eigenvalue weighted by Gasteiger charge is -1.97. The predicted octanol–water partition coefficient (Wildman–Crippen LogP) is 4.78. The first-order valence-corrected chi connectivity index (χ1v) is 5.60. The highest BCUT2D eigenvalue weighted by Gasteiger charge is 2.02. The lowest BCUT2D eigenvalue weighted by molar-refractivity contribution is 1.43. The normalized spacial score (nSPS) is 10.2. The Kier molecular flexibility index (Phi) is 2.48. The van der Waals surface area contributed by atoms with Crippen molar-refractivity contribution in [3.8, 4) is 11.3 Å². The summed E-state index contributed by atoms with van der Waals surface area (Å²) in [5.41, 5.74) is 12.2. The van der Waals surface area contributed by atoms with E-state index in [2.05, 4.69) is 27.1 Å². The lowest BCUT2D eigenvalue weighted by atomic mass is 10.1. The van der Waals surface area contributed by atoms with E-state index in [0.29, 0.717) is 5.69 Å². The Hall–Kier alpha value is -2.71. The van der Waals surface area contributed by atoms with Gasteiger partial charge in [0.2, 0.25) is 0 Å². The molecule has 0 bridgehead atoms. The summed E-state index contributed by atoms with van der Waals surface area (Å²) >= 11 is 0. The Morgan fingerprint density at radius 2 is 1.78 bits per heavy atom. The third kappa shape index (κ3) is 1.81. The molecule has 1 heterocycles. The number of benzene rings is 2. The average molecular weight is 234 g/mol. The molecule has 1 aromatic heterocycles. The Bertz CT molecular complexity index is 701. The topological polar surface area (TPSA) is 64.6 Å². The van der Waals surface area contributed by atoms with Crippen LogP contribution in [0.5, 0.6) is 0 Å². The molecule has 0 aliphatic rings. The molecule has 0 unspecified atom stereocenters. The Balaban J connectivity index is 2.05. The van der Waals surface area contributed by atoms with Crippen molar-refractivity contribution in [2.45, 2.75) is 0 Å². The van der Waals surface area contributed by atoms with E-state index < -0.39 is 0 Å². The highest BCUT2D eigenvalue weighted by atomic mass is 15.1. The number of azide groups is 1. The molecule has 1 N–H and O–H groups in total. The monoisotopic (exact) mass is 234 g/mol. The second-order valence-electron chi connectivity index (χ2n) is 4.01. The third-order valence-electron chi connectivity index (χ3n) is 2.87. The maximum Gasteiger partial charge on any atom is 0.0464 e. The molecule has 18 heavy (non-hydrogen) atoms. The van der Waals surface area contributed by atoms with Crippen molar-refractivity contribution >= 4 is 16.6 Å². The molecule has 0 fully saturated rings. The van der Waals surface area contributed by atoms with Crippen LogP contribution in [0.3, 0.4) is 0 Å². The molecule has 4 heteroatoms. The molecule has 4 nitrogen and oxygen atoms in total. The van der Waals surface area contributed by atoms with E-state index in [9.17, 15) is 0 Å². The van der Waals surface area contributed by atoms with Gasteiger partial charge in [0.05, 0.1) is 0 Å². The highest BCUT2D eigenvalue weighted by Crippen LogP contribution is 2.25. The second-order valence-corrected chi connectivity index (χ2v) is 4.01. The highest BCUT2D eigenvalue weighted by molar-refractivity contribution is 5.85. The molecule has 2 aromatic carbocycles. The van der Waals surface area contributed by atoms with Crippen molar-refractivity contribution in [1.29, 1.82) is 0 Å².